The van der Waals surface area contributed by atoms with E-state index in [-0.39, 0.29) is 0 Å². The van der Waals surface area contributed by atoms with Crippen LogP contribution in [0.5, 0.6) is 0 Å². The predicted octanol–water partition coefficient (Wildman–Crippen LogP) is 3.77. The van der Waals surface area contributed by atoms with Gasteiger partial charge in [-0.3, -0.25) is 5.01 Å². The Morgan fingerprint density at radius 3 is 1.45 bits per heavy atom. The number of benzene rings is 1. The van der Waals surface area contributed by atoms with Crippen molar-refractivity contribution in [1.82, 2.24) is 0 Å². The van der Waals surface area contributed by atoms with Gasteiger partial charge in [-0.05, 0) is 37.1 Å². The topological polar surface area (TPSA) is 29.3 Å². The fourth-order valence-corrected chi connectivity index (χ4v) is 1.70. The highest BCUT2D eigenvalue weighted by molar-refractivity contribution is 5.52. The zero-order valence-corrected chi connectivity index (χ0v) is 10.4. The zero-order chi connectivity index (χ0) is 15.9. The van der Waals surface area contributed by atoms with Gasteiger partial charge in [0.15, 0.2) is 0 Å². The van der Waals surface area contributed by atoms with Crippen molar-refractivity contribution >= 4 is 5.69 Å². The van der Waals surface area contributed by atoms with Gasteiger partial charge in [0.25, 0.3) is 0 Å². The molecule has 0 atom stereocenters. The molecule has 0 fully saturated rings. The van der Waals surface area contributed by atoms with Crippen LogP contribution in [0.1, 0.15) is 11.1 Å². The lowest BCUT2D eigenvalue weighted by molar-refractivity contribution is -0.341. The Bertz CT molecular complexity index is 458. The maximum atomic E-state index is 13.7. The van der Waals surface area contributed by atoms with Gasteiger partial charge in [-0.25, -0.2) is 5.84 Å². The summed E-state index contributed by atoms with van der Waals surface area (Å²) in [7, 11) is 0. The Labute approximate surface area is 109 Å². The van der Waals surface area contributed by atoms with E-state index in [2.05, 4.69) is 0 Å². The summed E-state index contributed by atoms with van der Waals surface area (Å²) < 4.78 is 88.8. The summed E-state index contributed by atoms with van der Waals surface area (Å²) in [6, 6.07) is 3.36. The molecular formula is C11H11F7N2. The Kier molecular flexibility index (Phi) is 3.97. The Balaban J connectivity index is 3.43. The molecule has 2 nitrogen and oxygen atoms in total. The van der Waals surface area contributed by atoms with E-state index in [1.165, 1.54) is 19.9 Å². The van der Waals surface area contributed by atoms with E-state index in [1.54, 1.807) is 0 Å². The number of anilines is 1. The predicted molar refractivity (Wildman–Crippen MR) is 58.5 cm³/mol. The first-order valence-corrected chi connectivity index (χ1v) is 5.26. The quantitative estimate of drug-likeness (QED) is 0.390. The number of halogens is 7. The van der Waals surface area contributed by atoms with Crippen LogP contribution in [0.2, 0.25) is 0 Å². The number of hydrogen-bond acceptors (Lipinski definition) is 2. The van der Waals surface area contributed by atoms with E-state index >= 15 is 0 Å². The third-order valence-electron chi connectivity index (χ3n) is 2.57. The Morgan fingerprint density at radius 2 is 1.15 bits per heavy atom. The molecular weight excluding hydrogens is 293 g/mol. The van der Waals surface area contributed by atoms with Crippen LogP contribution in [0.25, 0.3) is 0 Å². The van der Waals surface area contributed by atoms with Crippen molar-refractivity contribution < 1.29 is 30.7 Å². The van der Waals surface area contributed by atoms with Gasteiger partial charge in [0.2, 0.25) is 0 Å². The van der Waals surface area contributed by atoms with Crippen molar-refractivity contribution in [2.75, 3.05) is 5.01 Å². The van der Waals surface area contributed by atoms with Gasteiger partial charge >= 0.3 is 18.1 Å². The standard InChI is InChI=1S/C11H11F7N2/c1-6-3-7(2)5-8(4-6)20(19)9(12,10(13,14)15)11(16,17)18/h3-5H,19H2,1-2H3. The van der Waals surface area contributed by atoms with E-state index < -0.39 is 28.8 Å². The molecule has 0 bridgehead atoms. The third kappa shape index (κ3) is 2.67. The van der Waals surface area contributed by atoms with Crippen molar-refractivity contribution in [1.29, 1.82) is 0 Å². The van der Waals surface area contributed by atoms with Crippen LogP contribution >= 0.6 is 0 Å². The number of hydrazine groups is 1. The molecule has 0 saturated heterocycles. The smallest absolute Gasteiger partial charge is 0.260 e. The summed E-state index contributed by atoms with van der Waals surface area (Å²) in [6.07, 6.45) is -12.5. The summed E-state index contributed by atoms with van der Waals surface area (Å²) in [4.78, 5) is 0. The summed E-state index contributed by atoms with van der Waals surface area (Å²) >= 11 is 0. The van der Waals surface area contributed by atoms with E-state index in [0.29, 0.717) is 11.1 Å². The molecule has 114 valence electrons. The largest absolute Gasteiger partial charge is 0.453 e. The maximum absolute atomic E-state index is 13.7. The first-order valence-electron chi connectivity index (χ1n) is 5.26. The fourth-order valence-electron chi connectivity index (χ4n) is 1.70. The summed E-state index contributed by atoms with van der Waals surface area (Å²) in [5.74, 6) is -0.865. The average Bonchev–Trinajstić information content (AvgIpc) is 2.22. The minimum Gasteiger partial charge on any atom is -0.260 e. The van der Waals surface area contributed by atoms with Crippen molar-refractivity contribution in [2.45, 2.75) is 32.0 Å². The molecule has 20 heavy (non-hydrogen) atoms. The molecule has 1 aromatic rings. The number of nitrogens with two attached hydrogens (primary N) is 1. The number of alkyl halides is 7. The molecule has 0 spiro atoms. The fraction of sp³-hybridized carbons (Fsp3) is 0.455. The molecule has 0 aliphatic heterocycles. The van der Waals surface area contributed by atoms with Crippen molar-refractivity contribution in [3.8, 4) is 0 Å². The lowest BCUT2D eigenvalue weighted by Gasteiger charge is -2.37. The molecule has 0 saturated carbocycles. The van der Waals surface area contributed by atoms with Crippen LogP contribution in [-0.2, 0) is 0 Å². The number of aryl methyl sites for hydroxylation is 2. The van der Waals surface area contributed by atoms with Gasteiger partial charge in [0, 0.05) is 0 Å². The van der Waals surface area contributed by atoms with E-state index in [0.717, 1.165) is 12.1 Å². The SMILES string of the molecule is Cc1cc(C)cc(N(N)C(F)(C(F)(F)F)C(F)(F)F)c1. The number of rotatable bonds is 2. The van der Waals surface area contributed by atoms with Crippen LogP contribution in [0.3, 0.4) is 0 Å². The Morgan fingerprint density at radius 1 is 0.800 bits per heavy atom. The first-order chi connectivity index (χ1) is 8.80. The third-order valence-corrected chi connectivity index (χ3v) is 2.57. The normalized spacial score (nSPS) is 13.5. The Hall–Kier alpha value is -1.51. The lowest BCUT2D eigenvalue weighted by Crippen LogP contribution is -2.67. The van der Waals surface area contributed by atoms with Gasteiger partial charge in [-0.1, -0.05) is 6.07 Å². The highest BCUT2D eigenvalue weighted by Gasteiger charge is 2.76. The molecule has 0 aliphatic rings. The van der Waals surface area contributed by atoms with E-state index in [1.807, 2.05) is 0 Å². The first kappa shape index (κ1) is 16.5. The minimum absolute atomic E-state index is 0.349. The molecule has 0 radical (unpaired) electrons. The van der Waals surface area contributed by atoms with Gasteiger partial charge in [0.05, 0.1) is 5.69 Å². The van der Waals surface area contributed by atoms with E-state index in [4.69, 9.17) is 5.84 Å². The second-order valence-corrected chi connectivity index (χ2v) is 4.33. The van der Waals surface area contributed by atoms with Crippen LogP contribution in [0, 0.1) is 13.8 Å². The molecule has 0 aromatic heterocycles. The molecule has 0 aliphatic carbocycles. The minimum atomic E-state index is -6.24. The molecule has 1 rings (SSSR count). The van der Waals surface area contributed by atoms with Crippen molar-refractivity contribution in [2.24, 2.45) is 5.84 Å². The van der Waals surface area contributed by atoms with Crippen molar-refractivity contribution in [3.63, 3.8) is 0 Å². The van der Waals surface area contributed by atoms with Crippen molar-refractivity contribution in [3.05, 3.63) is 29.3 Å². The zero-order valence-electron chi connectivity index (χ0n) is 10.4. The molecule has 2 N–H and O–H groups in total. The highest BCUT2D eigenvalue weighted by atomic mass is 19.4. The number of hydrogen-bond donors (Lipinski definition) is 1. The summed E-state index contributed by atoms with van der Waals surface area (Å²) in [5.41, 5.74) is -0.0241. The van der Waals surface area contributed by atoms with E-state index in [9.17, 15) is 30.7 Å². The molecule has 0 amide bonds. The van der Waals surface area contributed by atoms with Crippen LogP contribution in [-0.4, -0.2) is 18.1 Å². The van der Waals surface area contributed by atoms with Crippen LogP contribution in [0.15, 0.2) is 18.2 Å². The maximum Gasteiger partial charge on any atom is 0.453 e. The monoisotopic (exact) mass is 304 g/mol. The molecule has 1 aromatic carbocycles. The van der Waals surface area contributed by atoms with Crippen LogP contribution in [0.4, 0.5) is 36.4 Å². The molecule has 0 heterocycles. The number of nitrogens with zero attached hydrogens (tertiary/aromatic N) is 1. The molecule has 9 heteroatoms. The summed E-state index contributed by atoms with van der Waals surface area (Å²) in [6.45, 7) is 2.87. The van der Waals surface area contributed by atoms with Gasteiger partial charge in [-0.2, -0.15) is 30.7 Å². The summed E-state index contributed by atoms with van der Waals surface area (Å²) in [5, 5.41) is -0.938. The van der Waals surface area contributed by atoms with Crippen LogP contribution < -0.4 is 10.9 Å². The van der Waals surface area contributed by atoms with Gasteiger partial charge in [-0.15, -0.1) is 0 Å². The second-order valence-electron chi connectivity index (χ2n) is 4.33. The average molecular weight is 304 g/mol. The highest BCUT2D eigenvalue weighted by Crippen LogP contribution is 2.48. The molecule has 0 unspecified atom stereocenters. The second kappa shape index (κ2) is 4.80. The van der Waals surface area contributed by atoms with Gasteiger partial charge in [0.1, 0.15) is 0 Å². The lowest BCUT2D eigenvalue weighted by atomic mass is 10.1. The van der Waals surface area contributed by atoms with Gasteiger partial charge < -0.3 is 0 Å².